The van der Waals surface area contributed by atoms with E-state index in [1.165, 1.54) is 14.2 Å². The number of amides is 1. The van der Waals surface area contributed by atoms with Crippen LogP contribution in [0, 0.1) is 0 Å². The molecule has 0 unspecified atom stereocenters. The molecule has 8 nitrogen and oxygen atoms in total. The number of likely N-dealkylation sites (N-methyl/N-ethyl adjacent to an activating group) is 1. The van der Waals surface area contributed by atoms with E-state index in [9.17, 15) is 9.59 Å². The Labute approximate surface area is 133 Å². The number of aromatic amines is 1. The van der Waals surface area contributed by atoms with Crippen molar-refractivity contribution >= 4 is 16.8 Å². The van der Waals surface area contributed by atoms with Crippen LogP contribution < -0.4 is 20.8 Å². The average Bonchev–Trinajstić information content (AvgIpc) is 2.52. The van der Waals surface area contributed by atoms with Crippen molar-refractivity contribution < 1.29 is 14.3 Å². The maximum absolute atomic E-state index is 12.3. The van der Waals surface area contributed by atoms with E-state index < -0.39 is 5.91 Å². The van der Waals surface area contributed by atoms with Crippen molar-refractivity contribution in [3.63, 3.8) is 0 Å². The van der Waals surface area contributed by atoms with Crippen LogP contribution >= 0.6 is 0 Å². The maximum Gasteiger partial charge on any atom is 0.258 e. The number of hydrogen-bond acceptors (Lipinski definition) is 6. The SMILES string of the molecule is CCN(CC(N)=O)Cc1nc2cc(OC)c(OC)cc2c(=O)[nH]1. The maximum atomic E-state index is 12.3. The number of aromatic nitrogens is 2. The number of hydrogen-bond donors (Lipinski definition) is 2. The number of carbonyl (C=O) groups is 1. The number of nitrogens with one attached hydrogen (secondary N) is 1. The molecule has 2 aromatic rings. The first-order valence-corrected chi connectivity index (χ1v) is 7.14. The molecule has 0 bridgehead atoms. The molecule has 8 heteroatoms. The van der Waals surface area contributed by atoms with Gasteiger partial charge in [-0.2, -0.15) is 0 Å². The van der Waals surface area contributed by atoms with Crippen molar-refractivity contribution in [1.29, 1.82) is 0 Å². The third kappa shape index (κ3) is 3.78. The van der Waals surface area contributed by atoms with Gasteiger partial charge in [0.1, 0.15) is 5.82 Å². The van der Waals surface area contributed by atoms with Crippen molar-refractivity contribution in [2.45, 2.75) is 13.5 Å². The van der Waals surface area contributed by atoms with Crippen LogP contribution in [0.1, 0.15) is 12.7 Å². The molecule has 23 heavy (non-hydrogen) atoms. The highest BCUT2D eigenvalue weighted by Crippen LogP contribution is 2.29. The summed E-state index contributed by atoms with van der Waals surface area (Å²) in [6.07, 6.45) is 0. The molecule has 0 aliphatic rings. The lowest BCUT2D eigenvalue weighted by atomic mass is 10.2. The number of carbonyl (C=O) groups excluding carboxylic acids is 1. The van der Waals surface area contributed by atoms with Gasteiger partial charge >= 0.3 is 0 Å². The third-order valence-corrected chi connectivity index (χ3v) is 3.46. The summed E-state index contributed by atoms with van der Waals surface area (Å²) in [5, 5.41) is 0.407. The molecule has 1 aromatic carbocycles. The van der Waals surface area contributed by atoms with Gasteiger partial charge in [-0.25, -0.2) is 4.98 Å². The Balaban J connectivity index is 2.44. The van der Waals surface area contributed by atoms with E-state index in [0.717, 1.165) is 0 Å². The predicted molar refractivity (Wildman–Crippen MR) is 85.6 cm³/mol. The van der Waals surface area contributed by atoms with Crippen molar-refractivity contribution in [3.05, 3.63) is 28.3 Å². The zero-order valence-corrected chi connectivity index (χ0v) is 13.4. The summed E-state index contributed by atoms with van der Waals surface area (Å²) in [7, 11) is 3.02. The standard InChI is InChI=1S/C15H20N4O4/c1-4-19(7-13(16)20)8-14-17-10-6-12(23-3)11(22-2)5-9(10)15(21)18-14/h5-6H,4,7-8H2,1-3H3,(H2,16,20)(H,17,18,21). The first kappa shape index (κ1) is 16.8. The molecule has 0 spiro atoms. The number of nitrogens with zero attached hydrogens (tertiary/aromatic N) is 2. The Kier molecular flexibility index (Phi) is 5.17. The smallest absolute Gasteiger partial charge is 0.258 e. The molecule has 0 aliphatic heterocycles. The van der Waals surface area contributed by atoms with E-state index >= 15 is 0 Å². The zero-order valence-electron chi connectivity index (χ0n) is 13.4. The highest BCUT2D eigenvalue weighted by Gasteiger charge is 2.13. The fraction of sp³-hybridized carbons (Fsp3) is 0.400. The molecule has 124 valence electrons. The fourth-order valence-electron chi connectivity index (χ4n) is 2.30. The lowest BCUT2D eigenvalue weighted by Crippen LogP contribution is -2.34. The first-order valence-electron chi connectivity index (χ1n) is 7.14. The molecule has 0 fully saturated rings. The van der Waals surface area contributed by atoms with Crippen LogP contribution in [-0.4, -0.2) is 48.1 Å². The second-order valence-electron chi connectivity index (χ2n) is 5.01. The molecule has 1 amide bonds. The van der Waals surface area contributed by atoms with E-state index in [1.54, 1.807) is 17.0 Å². The third-order valence-electron chi connectivity index (χ3n) is 3.46. The van der Waals surface area contributed by atoms with Gasteiger partial charge in [0.2, 0.25) is 5.91 Å². The van der Waals surface area contributed by atoms with Gasteiger partial charge in [-0.15, -0.1) is 0 Å². The summed E-state index contributed by atoms with van der Waals surface area (Å²) in [5.74, 6) is 0.983. The summed E-state index contributed by atoms with van der Waals surface area (Å²) >= 11 is 0. The Morgan fingerprint density at radius 1 is 1.30 bits per heavy atom. The molecule has 3 N–H and O–H groups in total. The Morgan fingerprint density at radius 3 is 2.52 bits per heavy atom. The molecule has 0 aliphatic carbocycles. The van der Waals surface area contributed by atoms with Crippen molar-refractivity contribution in [2.75, 3.05) is 27.3 Å². The van der Waals surface area contributed by atoms with Crippen LogP contribution in [0.4, 0.5) is 0 Å². The summed E-state index contributed by atoms with van der Waals surface area (Å²) < 4.78 is 10.4. The van der Waals surface area contributed by atoms with E-state index in [0.29, 0.717) is 41.3 Å². The monoisotopic (exact) mass is 320 g/mol. The van der Waals surface area contributed by atoms with Gasteiger partial charge in [-0.05, 0) is 12.6 Å². The van der Waals surface area contributed by atoms with Crippen molar-refractivity contribution in [2.24, 2.45) is 5.73 Å². The minimum absolute atomic E-state index is 0.101. The second-order valence-corrected chi connectivity index (χ2v) is 5.01. The van der Waals surface area contributed by atoms with Crippen LogP contribution in [0.25, 0.3) is 10.9 Å². The first-order chi connectivity index (χ1) is 11.0. The molecular formula is C15H20N4O4. The summed E-state index contributed by atoms with van der Waals surface area (Å²) in [5.41, 5.74) is 5.43. The lowest BCUT2D eigenvalue weighted by molar-refractivity contribution is -0.119. The van der Waals surface area contributed by atoms with Gasteiger partial charge < -0.3 is 20.2 Å². The molecule has 0 saturated carbocycles. The highest BCUT2D eigenvalue weighted by molar-refractivity contribution is 5.81. The fourth-order valence-corrected chi connectivity index (χ4v) is 2.30. The molecule has 2 rings (SSSR count). The second kappa shape index (κ2) is 7.10. The van der Waals surface area contributed by atoms with Crippen LogP contribution in [0.5, 0.6) is 11.5 Å². The zero-order chi connectivity index (χ0) is 17.0. The largest absolute Gasteiger partial charge is 0.493 e. The van der Waals surface area contributed by atoms with Gasteiger partial charge in [0, 0.05) is 6.07 Å². The summed E-state index contributed by atoms with van der Waals surface area (Å²) in [6.45, 7) is 2.93. The Morgan fingerprint density at radius 2 is 1.96 bits per heavy atom. The normalized spacial score (nSPS) is 11.0. The Bertz CT molecular complexity index is 772. The lowest BCUT2D eigenvalue weighted by Gasteiger charge is -2.17. The topological polar surface area (TPSA) is 111 Å². The quantitative estimate of drug-likeness (QED) is 0.756. The summed E-state index contributed by atoms with van der Waals surface area (Å²) in [4.78, 5) is 32.2. The van der Waals surface area contributed by atoms with Gasteiger partial charge in [-0.1, -0.05) is 6.92 Å². The number of rotatable bonds is 7. The molecule has 0 atom stereocenters. The van der Waals surface area contributed by atoms with Gasteiger partial charge in [0.25, 0.3) is 5.56 Å². The number of fused-ring (bicyclic) bond motifs is 1. The number of H-pyrrole nitrogens is 1. The van der Waals surface area contributed by atoms with Gasteiger partial charge in [0.05, 0.1) is 38.2 Å². The van der Waals surface area contributed by atoms with E-state index in [4.69, 9.17) is 15.2 Å². The molecule has 0 radical (unpaired) electrons. The minimum atomic E-state index is -0.429. The highest BCUT2D eigenvalue weighted by atomic mass is 16.5. The van der Waals surface area contributed by atoms with Crippen LogP contribution in [0.3, 0.4) is 0 Å². The van der Waals surface area contributed by atoms with Gasteiger partial charge in [0.15, 0.2) is 11.5 Å². The van der Waals surface area contributed by atoms with E-state index in [-0.39, 0.29) is 12.1 Å². The van der Waals surface area contributed by atoms with Gasteiger partial charge in [-0.3, -0.25) is 14.5 Å². The van der Waals surface area contributed by atoms with Crippen LogP contribution in [-0.2, 0) is 11.3 Å². The average molecular weight is 320 g/mol. The number of ether oxygens (including phenoxy) is 2. The van der Waals surface area contributed by atoms with E-state index in [2.05, 4.69) is 9.97 Å². The number of primary amides is 1. The minimum Gasteiger partial charge on any atom is -0.493 e. The van der Waals surface area contributed by atoms with Crippen LogP contribution in [0.2, 0.25) is 0 Å². The predicted octanol–water partition coefficient (Wildman–Crippen LogP) is 0.248. The van der Waals surface area contributed by atoms with E-state index in [1.807, 2.05) is 6.92 Å². The number of nitrogens with two attached hydrogens (primary N) is 1. The molecule has 1 aromatic heterocycles. The molecular weight excluding hydrogens is 300 g/mol. The number of methoxy groups -OCH3 is 2. The van der Waals surface area contributed by atoms with Crippen LogP contribution in [0.15, 0.2) is 16.9 Å². The summed E-state index contributed by atoms with van der Waals surface area (Å²) in [6, 6.07) is 3.24. The Hall–Kier alpha value is -2.61. The number of benzene rings is 1. The molecule has 0 saturated heterocycles. The molecule has 1 heterocycles. The van der Waals surface area contributed by atoms with Crippen molar-refractivity contribution in [1.82, 2.24) is 14.9 Å². The van der Waals surface area contributed by atoms with Crippen molar-refractivity contribution in [3.8, 4) is 11.5 Å².